The summed E-state index contributed by atoms with van der Waals surface area (Å²) in [7, 11) is 2.12. The monoisotopic (exact) mass is 580 g/mol. The van der Waals surface area contributed by atoms with Crippen LogP contribution < -0.4 is 10.6 Å². The molecule has 3 aliphatic rings. The number of carbonyl (C=O) groups is 1. The fourth-order valence-corrected chi connectivity index (χ4v) is 7.59. The number of hydrogen-bond acceptors (Lipinski definition) is 7. The van der Waals surface area contributed by atoms with E-state index < -0.39 is 11.6 Å². The first-order valence-corrected chi connectivity index (χ1v) is 15.0. The molecule has 1 amide bonds. The van der Waals surface area contributed by atoms with Gasteiger partial charge in [0, 0.05) is 92.1 Å². The van der Waals surface area contributed by atoms with Gasteiger partial charge in [0.05, 0.1) is 11.6 Å². The Morgan fingerprint density at radius 3 is 2.51 bits per heavy atom. The van der Waals surface area contributed by atoms with Crippen molar-refractivity contribution >= 4 is 34.4 Å². The highest BCUT2D eigenvalue weighted by Gasteiger charge is 2.33. The Morgan fingerprint density at radius 1 is 1.10 bits per heavy atom. The van der Waals surface area contributed by atoms with Crippen LogP contribution in [0.1, 0.15) is 11.6 Å². The Morgan fingerprint density at radius 2 is 1.83 bits per heavy atom. The minimum absolute atomic E-state index is 0.0943. The third kappa shape index (κ3) is 5.15. The van der Waals surface area contributed by atoms with Gasteiger partial charge < -0.3 is 14.7 Å². The molecule has 6 rings (SSSR count). The van der Waals surface area contributed by atoms with E-state index in [-0.39, 0.29) is 17.6 Å². The number of aromatic nitrogens is 2. The molecule has 216 valence electrons. The molecule has 1 aromatic heterocycles. The predicted molar refractivity (Wildman–Crippen MR) is 159 cm³/mol. The van der Waals surface area contributed by atoms with Crippen molar-refractivity contribution in [3.8, 4) is 11.1 Å². The first-order valence-electron chi connectivity index (χ1n) is 14.0. The summed E-state index contributed by atoms with van der Waals surface area (Å²) >= 11 is 1.63. The molecule has 3 aliphatic heterocycles. The van der Waals surface area contributed by atoms with Gasteiger partial charge in [0.15, 0.2) is 0 Å². The third-order valence-corrected chi connectivity index (χ3v) is 9.70. The van der Waals surface area contributed by atoms with Crippen LogP contribution in [0.25, 0.3) is 22.0 Å². The number of halogens is 2. The summed E-state index contributed by atoms with van der Waals surface area (Å²) in [5, 5.41) is 0.836. The van der Waals surface area contributed by atoms with Crippen molar-refractivity contribution in [3.63, 3.8) is 0 Å². The summed E-state index contributed by atoms with van der Waals surface area (Å²) in [6.07, 6.45) is 1.32. The number of anilines is 1. The molecule has 0 saturated carbocycles. The summed E-state index contributed by atoms with van der Waals surface area (Å²) in [5.74, 6) is -0.134. The number of thioether (sulfide) groups is 1. The minimum Gasteiger partial charge on any atom is -0.352 e. The molecule has 3 aromatic rings. The van der Waals surface area contributed by atoms with Gasteiger partial charge in [-0.1, -0.05) is 6.58 Å². The van der Waals surface area contributed by atoms with Crippen LogP contribution in [0.15, 0.2) is 46.6 Å². The second-order valence-corrected chi connectivity index (χ2v) is 12.1. The first-order chi connectivity index (χ1) is 19.7. The second kappa shape index (κ2) is 11.2. The summed E-state index contributed by atoms with van der Waals surface area (Å²) in [6.45, 7) is 12.1. The number of piperazine rings is 2. The Hall–Kier alpha value is -3.28. The molecule has 0 aliphatic carbocycles. The number of aryl methyl sites for hydroxylation is 1. The van der Waals surface area contributed by atoms with Crippen LogP contribution >= 0.6 is 11.8 Å². The maximum absolute atomic E-state index is 15.2. The molecule has 0 radical (unpaired) electrons. The van der Waals surface area contributed by atoms with Crippen LogP contribution in [0.4, 0.5) is 14.6 Å². The van der Waals surface area contributed by atoms with Crippen molar-refractivity contribution in [1.29, 1.82) is 0 Å². The molecule has 8 nitrogen and oxygen atoms in total. The summed E-state index contributed by atoms with van der Waals surface area (Å²) in [6, 6.07) is 5.54. The zero-order chi connectivity index (χ0) is 28.8. The highest BCUT2D eigenvalue weighted by molar-refractivity contribution is 7.99. The van der Waals surface area contributed by atoms with Gasteiger partial charge in [0.25, 0.3) is 0 Å². The smallest absolute Gasteiger partial charge is 0.350 e. The fraction of sp³-hybridized carbons (Fsp3) is 0.433. The van der Waals surface area contributed by atoms with Gasteiger partial charge in [-0.2, -0.15) is 4.98 Å². The van der Waals surface area contributed by atoms with E-state index in [1.165, 1.54) is 18.2 Å². The van der Waals surface area contributed by atoms with Crippen molar-refractivity contribution in [2.75, 3.05) is 76.6 Å². The number of hydrogen-bond donors (Lipinski definition) is 0. The summed E-state index contributed by atoms with van der Waals surface area (Å²) < 4.78 is 30.8. The van der Waals surface area contributed by atoms with Gasteiger partial charge in [-0.3, -0.25) is 14.3 Å². The number of carbonyl (C=O) groups excluding carboxylic acids is 1. The van der Waals surface area contributed by atoms with E-state index in [1.807, 2.05) is 17.6 Å². The van der Waals surface area contributed by atoms with Gasteiger partial charge >= 0.3 is 5.69 Å². The van der Waals surface area contributed by atoms with E-state index in [4.69, 9.17) is 0 Å². The summed E-state index contributed by atoms with van der Waals surface area (Å²) in [5.41, 5.74) is 2.26. The van der Waals surface area contributed by atoms with E-state index in [0.717, 1.165) is 60.2 Å². The molecule has 2 saturated heterocycles. The largest absolute Gasteiger partial charge is 0.352 e. The van der Waals surface area contributed by atoms with Crippen LogP contribution in [0.5, 0.6) is 0 Å². The molecule has 2 fully saturated rings. The summed E-state index contributed by atoms with van der Waals surface area (Å²) in [4.78, 5) is 40.0. The average molecular weight is 581 g/mol. The SMILES string of the molecule is C=CC(=O)N1CCN(c2nc(=O)n3c4c(c(-c5ccc(F)cc5F)c(C)cc24)SCC3CN2CCN(C)CC2)CC1. The van der Waals surface area contributed by atoms with Gasteiger partial charge in [-0.25, -0.2) is 13.6 Å². The maximum atomic E-state index is 15.2. The normalized spacial score (nSPS) is 20.0. The molecule has 2 aromatic carbocycles. The third-order valence-electron chi connectivity index (χ3n) is 8.46. The Balaban J connectivity index is 1.49. The van der Waals surface area contributed by atoms with Crippen LogP contribution in [-0.4, -0.2) is 102 Å². The number of nitrogens with zero attached hydrogens (tertiary/aromatic N) is 6. The molecule has 4 heterocycles. The predicted octanol–water partition coefficient (Wildman–Crippen LogP) is 3.38. The topological polar surface area (TPSA) is 64.9 Å². The van der Waals surface area contributed by atoms with E-state index in [1.54, 1.807) is 16.7 Å². The van der Waals surface area contributed by atoms with E-state index >= 15 is 4.39 Å². The lowest BCUT2D eigenvalue weighted by atomic mass is 9.96. The molecular formula is C30H34F2N6O2S. The van der Waals surface area contributed by atoms with Crippen LogP contribution in [0.2, 0.25) is 0 Å². The molecule has 0 spiro atoms. The van der Waals surface area contributed by atoms with Crippen LogP contribution in [0, 0.1) is 18.6 Å². The number of benzene rings is 2. The van der Waals surface area contributed by atoms with Gasteiger partial charge in [-0.05, 0) is 43.8 Å². The van der Waals surface area contributed by atoms with E-state index in [2.05, 4.69) is 33.3 Å². The highest BCUT2D eigenvalue weighted by Crippen LogP contribution is 2.46. The molecular weight excluding hydrogens is 546 g/mol. The molecule has 11 heteroatoms. The van der Waals surface area contributed by atoms with Crippen molar-refractivity contribution in [2.24, 2.45) is 0 Å². The van der Waals surface area contributed by atoms with Gasteiger partial charge in [0.2, 0.25) is 5.91 Å². The standard InChI is InChI=1S/C30H34F2N6O2S/c1-4-25(39)36-11-13-37(14-12-36)29-23-15-19(2)26(22-6-5-20(31)16-24(22)32)28-27(23)38(30(40)33-29)21(18-41-28)17-35-9-7-34(3)8-10-35/h4-6,15-16,21H,1,7-14,17-18H2,2-3H3. The van der Waals surface area contributed by atoms with Crippen molar-refractivity contribution in [2.45, 2.75) is 17.9 Å². The Bertz CT molecular complexity index is 1580. The maximum Gasteiger partial charge on any atom is 0.350 e. The van der Waals surface area contributed by atoms with Crippen molar-refractivity contribution < 1.29 is 13.6 Å². The zero-order valence-electron chi connectivity index (χ0n) is 23.4. The number of amides is 1. The lowest BCUT2D eigenvalue weighted by molar-refractivity contribution is -0.126. The fourth-order valence-electron chi connectivity index (χ4n) is 6.22. The average Bonchev–Trinajstić information content (AvgIpc) is 2.96. The van der Waals surface area contributed by atoms with Gasteiger partial charge in [0.1, 0.15) is 17.5 Å². The molecule has 1 unspecified atom stereocenters. The lowest BCUT2D eigenvalue weighted by Gasteiger charge is -2.38. The quantitative estimate of drug-likeness (QED) is 0.429. The van der Waals surface area contributed by atoms with E-state index in [9.17, 15) is 14.0 Å². The van der Waals surface area contributed by atoms with E-state index in [0.29, 0.717) is 48.9 Å². The Kier molecular flexibility index (Phi) is 7.60. The molecule has 0 bridgehead atoms. The van der Waals surface area contributed by atoms with Crippen molar-refractivity contribution in [3.05, 3.63) is 64.6 Å². The Labute approximate surface area is 242 Å². The highest BCUT2D eigenvalue weighted by atomic mass is 32.2. The molecule has 0 N–H and O–H groups in total. The molecule has 41 heavy (non-hydrogen) atoms. The minimum atomic E-state index is -0.630. The zero-order valence-corrected chi connectivity index (χ0v) is 24.2. The van der Waals surface area contributed by atoms with Crippen LogP contribution in [-0.2, 0) is 4.79 Å². The van der Waals surface area contributed by atoms with Gasteiger partial charge in [-0.15, -0.1) is 11.8 Å². The molecule has 1 atom stereocenters. The lowest BCUT2D eigenvalue weighted by Crippen LogP contribution is -2.50. The second-order valence-electron chi connectivity index (χ2n) is 11.1. The van der Waals surface area contributed by atoms with Crippen LogP contribution in [0.3, 0.4) is 0 Å². The number of rotatable bonds is 5. The van der Waals surface area contributed by atoms with Crippen molar-refractivity contribution in [1.82, 2.24) is 24.3 Å². The number of likely N-dealkylation sites (N-methyl/N-ethyl adjacent to an activating group) is 1. The first kappa shape index (κ1) is 27.9.